The van der Waals surface area contributed by atoms with E-state index in [9.17, 15) is 24.6 Å². The summed E-state index contributed by atoms with van der Waals surface area (Å²) >= 11 is 0. The molecule has 9 nitrogen and oxygen atoms in total. The van der Waals surface area contributed by atoms with Gasteiger partial charge in [0.05, 0.1) is 6.61 Å². The molecule has 0 aromatic heterocycles. The summed E-state index contributed by atoms with van der Waals surface area (Å²) in [7, 11) is 0. The average Bonchev–Trinajstić information content (AvgIpc) is 2.97. The number of carbonyl (C=O) groups excluding carboxylic acids is 3. The number of aliphatic hydroxyl groups excluding tert-OH is 1. The molecule has 4 rings (SSSR count). The van der Waals surface area contributed by atoms with Crippen LogP contribution in [-0.2, 0) is 20.7 Å². The summed E-state index contributed by atoms with van der Waals surface area (Å²) in [4.78, 5) is 43.0. The molecule has 4 N–H and O–H groups in total. The number of hydrogen-bond donors (Lipinski definition) is 4. The van der Waals surface area contributed by atoms with E-state index in [4.69, 9.17) is 4.74 Å². The first kappa shape index (κ1) is 33.0. The Morgan fingerprint density at radius 2 is 1.51 bits per heavy atom. The van der Waals surface area contributed by atoms with Crippen LogP contribution in [0.25, 0.3) is 10.8 Å². The van der Waals surface area contributed by atoms with Crippen LogP contribution in [0.4, 0.5) is 10.5 Å². The molecule has 0 aliphatic carbocycles. The molecular weight excluding hydrogens is 570 g/mol. The molecule has 45 heavy (non-hydrogen) atoms. The number of fused-ring (bicyclic) bond motifs is 1. The molecular formula is C36H41N3O6. The number of aromatic hydroxyl groups is 1. The average molecular weight is 612 g/mol. The van der Waals surface area contributed by atoms with Crippen molar-refractivity contribution in [2.45, 2.75) is 58.7 Å². The third-order valence-electron chi connectivity index (χ3n) is 7.38. The monoisotopic (exact) mass is 611 g/mol. The van der Waals surface area contributed by atoms with Crippen LogP contribution < -0.4 is 10.6 Å². The van der Waals surface area contributed by atoms with Crippen molar-refractivity contribution < 1.29 is 29.3 Å². The van der Waals surface area contributed by atoms with Crippen molar-refractivity contribution in [2.75, 3.05) is 18.5 Å². The summed E-state index contributed by atoms with van der Waals surface area (Å²) in [6, 6.07) is 23.0. The van der Waals surface area contributed by atoms with Crippen molar-refractivity contribution in [1.82, 2.24) is 10.2 Å². The molecule has 4 aromatic carbocycles. The van der Waals surface area contributed by atoms with Gasteiger partial charge >= 0.3 is 6.09 Å². The number of aryl methyl sites for hydroxylation is 2. The Balaban J connectivity index is 1.76. The lowest BCUT2D eigenvalue weighted by molar-refractivity contribution is -0.141. The fourth-order valence-electron chi connectivity index (χ4n) is 5.36. The van der Waals surface area contributed by atoms with Crippen LogP contribution in [0.2, 0.25) is 0 Å². The molecule has 0 aliphatic rings. The molecule has 0 fully saturated rings. The van der Waals surface area contributed by atoms with E-state index in [0.29, 0.717) is 16.8 Å². The van der Waals surface area contributed by atoms with Gasteiger partial charge in [0.1, 0.15) is 23.4 Å². The van der Waals surface area contributed by atoms with Crippen LogP contribution in [0.3, 0.4) is 0 Å². The summed E-state index contributed by atoms with van der Waals surface area (Å²) in [5.41, 5.74) is 2.60. The Labute approximate surface area is 263 Å². The van der Waals surface area contributed by atoms with Gasteiger partial charge in [-0.1, -0.05) is 60.7 Å². The van der Waals surface area contributed by atoms with Gasteiger partial charge in [0.25, 0.3) is 5.91 Å². The van der Waals surface area contributed by atoms with E-state index in [1.165, 1.54) is 17.0 Å². The number of amides is 3. The number of ether oxygens (including phenoxy) is 1. The molecule has 0 bridgehead atoms. The van der Waals surface area contributed by atoms with Crippen molar-refractivity contribution in [3.8, 4) is 5.75 Å². The van der Waals surface area contributed by atoms with Crippen LogP contribution >= 0.6 is 0 Å². The number of phenols is 1. The highest BCUT2D eigenvalue weighted by molar-refractivity contribution is 6.00. The van der Waals surface area contributed by atoms with E-state index in [-0.39, 0.29) is 18.7 Å². The lowest BCUT2D eigenvalue weighted by Crippen LogP contribution is -2.54. The summed E-state index contributed by atoms with van der Waals surface area (Å²) in [6.07, 6.45) is -0.751. The van der Waals surface area contributed by atoms with Crippen LogP contribution in [0.1, 0.15) is 49.1 Å². The normalized spacial score (nSPS) is 12.7. The van der Waals surface area contributed by atoms with E-state index in [1.54, 1.807) is 39.0 Å². The van der Waals surface area contributed by atoms with Gasteiger partial charge in [-0.3, -0.25) is 9.59 Å². The van der Waals surface area contributed by atoms with Crippen molar-refractivity contribution >= 4 is 34.4 Å². The Hall–Kier alpha value is -4.89. The van der Waals surface area contributed by atoms with Crippen molar-refractivity contribution in [3.05, 3.63) is 107 Å². The predicted octanol–water partition coefficient (Wildman–Crippen LogP) is 5.80. The standard InChI is InChI=1S/C36H41N3O6/c1-23-9-8-10-24(2)31(23)32(33(42)37-28-16-15-26-11-6-7-12-27(26)22-28)39(19-20-40)34(43)30(38-35(44)45-36(3,4)5)21-25-13-17-29(41)18-14-25/h6-18,22,30,32,40-41H,19-21H2,1-5H3,(H,37,42)(H,38,44). The van der Waals surface area contributed by atoms with E-state index in [2.05, 4.69) is 10.6 Å². The number of aliphatic hydroxyl groups is 1. The maximum Gasteiger partial charge on any atom is 0.408 e. The van der Waals surface area contributed by atoms with Crippen molar-refractivity contribution in [3.63, 3.8) is 0 Å². The van der Waals surface area contributed by atoms with E-state index in [1.807, 2.05) is 68.4 Å². The summed E-state index contributed by atoms with van der Waals surface area (Å²) < 4.78 is 5.47. The Kier molecular flexibility index (Phi) is 10.5. The van der Waals surface area contributed by atoms with E-state index < -0.39 is 42.2 Å². The van der Waals surface area contributed by atoms with Crippen LogP contribution in [0, 0.1) is 13.8 Å². The Morgan fingerprint density at radius 1 is 0.867 bits per heavy atom. The molecule has 2 atom stereocenters. The topological polar surface area (TPSA) is 128 Å². The highest BCUT2D eigenvalue weighted by Crippen LogP contribution is 2.30. The fraction of sp³-hybridized carbons (Fsp3) is 0.306. The van der Waals surface area contributed by atoms with Crippen LogP contribution in [-0.4, -0.2) is 57.8 Å². The molecule has 236 valence electrons. The number of hydrogen-bond acceptors (Lipinski definition) is 6. The number of alkyl carbamates (subject to hydrolysis) is 1. The predicted molar refractivity (Wildman–Crippen MR) is 175 cm³/mol. The maximum atomic E-state index is 14.5. The molecule has 9 heteroatoms. The summed E-state index contributed by atoms with van der Waals surface area (Å²) in [5.74, 6) is -0.987. The van der Waals surface area contributed by atoms with Gasteiger partial charge in [-0.25, -0.2) is 4.79 Å². The first-order valence-electron chi connectivity index (χ1n) is 14.9. The van der Waals surface area contributed by atoms with Gasteiger partial charge in [-0.15, -0.1) is 0 Å². The van der Waals surface area contributed by atoms with Crippen molar-refractivity contribution in [2.24, 2.45) is 0 Å². The Morgan fingerprint density at radius 3 is 2.13 bits per heavy atom. The summed E-state index contributed by atoms with van der Waals surface area (Å²) in [5, 5.41) is 27.6. The molecule has 3 amide bonds. The zero-order valence-corrected chi connectivity index (χ0v) is 26.3. The molecule has 4 aromatic rings. The van der Waals surface area contributed by atoms with Gasteiger partial charge in [-0.2, -0.15) is 0 Å². The largest absolute Gasteiger partial charge is 0.508 e. The second-order valence-electron chi connectivity index (χ2n) is 12.1. The lowest BCUT2D eigenvalue weighted by Gasteiger charge is -2.35. The highest BCUT2D eigenvalue weighted by Gasteiger charge is 2.37. The van der Waals surface area contributed by atoms with Crippen molar-refractivity contribution in [1.29, 1.82) is 0 Å². The third kappa shape index (κ3) is 8.61. The number of nitrogens with one attached hydrogen (secondary N) is 2. The number of carbonyl (C=O) groups is 3. The van der Waals surface area contributed by atoms with Gasteiger partial charge in [0, 0.05) is 18.7 Å². The molecule has 2 unspecified atom stereocenters. The fourth-order valence-corrected chi connectivity index (χ4v) is 5.36. The van der Waals surface area contributed by atoms with Gasteiger partial charge in [-0.05, 0) is 91.9 Å². The van der Waals surface area contributed by atoms with E-state index in [0.717, 1.165) is 21.9 Å². The SMILES string of the molecule is Cc1cccc(C)c1C(C(=O)Nc1ccc2ccccc2c1)N(CCO)C(=O)C(Cc1ccc(O)cc1)NC(=O)OC(C)(C)C. The highest BCUT2D eigenvalue weighted by atomic mass is 16.6. The first-order valence-corrected chi connectivity index (χ1v) is 14.9. The quantitative estimate of drug-likeness (QED) is 0.180. The van der Waals surface area contributed by atoms with Crippen LogP contribution in [0.15, 0.2) is 84.9 Å². The Bertz CT molecular complexity index is 1640. The van der Waals surface area contributed by atoms with Gasteiger partial charge in [0.2, 0.25) is 5.91 Å². The molecule has 0 saturated heterocycles. The minimum atomic E-state index is -1.16. The second kappa shape index (κ2) is 14.3. The second-order valence-corrected chi connectivity index (χ2v) is 12.1. The third-order valence-corrected chi connectivity index (χ3v) is 7.38. The lowest BCUT2D eigenvalue weighted by atomic mass is 9.93. The minimum Gasteiger partial charge on any atom is -0.508 e. The smallest absolute Gasteiger partial charge is 0.408 e. The number of benzene rings is 4. The number of rotatable bonds is 10. The number of nitrogens with zero attached hydrogens (tertiary/aromatic N) is 1. The first-order chi connectivity index (χ1) is 21.4. The molecule has 0 radical (unpaired) electrons. The summed E-state index contributed by atoms with van der Waals surface area (Å²) in [6.45, 7) is 8.29. The maximum absolute atomic E-state index is 14.5. The number of phenolic OH excluding ortho intramolecular Hbond substituents is 1. The molecule has 0 saturated carbocycles. The zero-order chi connectivity index (χ0) is 32.7. The number of anilines is 1. The zero-order valence-electron chi connectivity index (χ0n) is 26.3. The van der Waals surface area contributed by atoms with Gasteiger partial charge in [0.15, 0.2) is 0 Å². The molecule has 0 heterocycles. The molecule has 0 spiro atoms. The molecule has 0 aliphatic heterocycles. The minimum absolute atomic E-state index is 0.0477. The van der Waals surface area contributed by atoms with Crippen LogP contribution in [0.5, 0.6) is 5.75 Å². The van der Waals surface area contributed by atoms with Gasteiger partial charge < -0.3 is 30.5 Å². The van der Waals surface area contributed by atoms with E-state index >= 15 is 0 Å².